The van der Waals surface area contributed by atoms with E-state index in [9.17, 15) is 29.5 Å². The lowest BCUT2D eigenvalue weighted by atomic mass is 9.97. The number of ether oxygens (including phenoxy) is 1. The van der Waals surface area contributed by atoms with Gasteiger partial charge in [0.25, 0.3) is 0 Å². The van der Waals surface area contributed by atoms with Crippen LogP contribution in [0.4, 0.5) is 0 Å². The SMILES string of the molecule is CC/C=C/C(=O)N(Cc1ccc(-c2ccccc2-c2nn[nH]n2)cc1)[C@H](C(=O)O)C(C)C.CC/C=C/C(=O)N(Cc1ccc(-c2ccccc2C#N)cc1)[C@H](C(=O)OC)C(C)C. The third kappa shape index (κ3) is 12.7. The van der Waals surface area contributed by atoms with E-state index >= 15 is 0 Å². The predicted octanol–water partition coefficient (Wildman–Crippen LogP) is 8.66. The monoisotopic (exact) mass is 837 g/mol. The number of carboxylic acid groups (broad SMARTS) is 1. The summed E-state index contributed by atoms with van der Waals surface area (Å²) in [6.45, 7) is 11.8. The molecule has 0 bridgehead atoms. The van der Waals surface area contributed by atoms with Crippen LogP contribution in [0.2, 0.25) is 0 Å². The van der Waals surface area contributed by atoms with Crippen molar-refractivity contribution < 1.29 is 29.0 Å². The van der Waals surface area contributed by atoms with Crippen molar-refractivity contribution in [2.24, 2.45) is 11.8 Å². The number of H-pyrrole nitrogens is 1. The van der Waals surface area contributed by atoms with Crippen molar-refractivity contribution in [3.05, 3.63) is 138 Å². The third-order valence-electron chi connectivity index (χ3n) is 9.99. The average Bonchev–Trinajstić information content (AvgIpc) is 3.82. The number of hydrogen-bond acceptors (Lipinski definition) is 9. The topological polar surface area (TPSA) is 182 Å². The molecule has 0 aliphatic rings. The Balaban J connectivity index is 0.000000273. The number of aliphatic carboxylic acids is 1. The summed E-state index contributed by atoms with van der Waals surface area (Å²) in [5.41, 5.74) is 6.88. The van der Waals surface area contributed by atoms with E-state index < -0.39 is 24.0 Å². The quantitative estimate of drug-likeness (QED) is 0.0679. The highest BCUT2D eigenvalue weighted by Crippen LogP contribution is 2.30. The number of rotatable bonds is 17. The van der Waals surface area contributed by atoms with E-state index in [1.807, 2.05) is 119 Å². The van der Waals surface area contributed by atoms with E-state index in [0.717, 1.165) is 45.4 Å². The summed E-state index contributed by atoms with van der Waals surface area (Å²) in [4.78, 5) is 52.9. The van der Waals surface area contributed by atoms with Crippen LogP contribution >= 0.6 is 0 Å². The summed E-state index contributed by atoms with van der Waals surface area (Å²) in [5, 5.41) is 33.3. The zero-order valence-corrected chi connectivity index (χ0v) is 36.4. The molecule has 0 unspecified atom stereocenters. The first-order chi connectivity index (χ1) is 29.8. The minimum atomic E-state index is -1.01. The Bertz CT molecular complexity index is 2350. The number of nitrogens with one attached hydrogen (secondary N) is 1. The first-order valence-electron chi connectivity index (χ1n) is 20.6. The van der Waals surface area contributed by atoms with Gasteiger partial charge in [-0.3, -0.25) is 9.59 Å². The Morgan fingerprint density at radius 3 is 1.61 bits per heavy atom. The van der Waals surface area contributed by atoms with Crippen LogP contribution in [0.25, 0.3) is 33.6 Å². The van der Waals surface area contributed by atoms with Crippen molar-refractivity contribution in [2.75, 3.05) is 7.11 Å². The van der Waals surface area contributed by atoms with Crippen molar-refractivity contribution in [1.82, 2.24) is 30.4 Å². The number of methoxy groups -OCH3 is 1. The molecule has 0 saturated heterocycles. The summed E-state index contributed by atoms with van der Waals surface area (Å²) >= 11 is 0. The molecular weight excluding hydrogens is 783 g/mol. The van der Waals surface area contributed by atoms with Gasteiger partial charge in [0, 0.05) is 18.7 Å². The number of aromatic amines is 1. The second-order valence-corrected chi connectivity index (χ2v) is 15.1. The molecule has 0 aliphatic heterocycles. The first-order valence-corrected chi connectivity index (χ1v) is 20.6. The van der Waals surface area contributed by atoms with E-state index in [4.69, 9.17) is 4.74 Å². The molecule has 4 aromatic carbocycles. The Morgan fingerprint density at radius 2 is 1.18 bits per heavy atom. The molecule has 5 rings (SSSR count). The summed E-state index contributed by atoms with van der Waals surface area (Å²) < 4.78 is 4.96. The maximum absolute atomic E-state index is 12.8. The van der Waals surface area contributed by atoms with Crippen LogP contribution in [-0.4, -0.2) is 78.5 Å². The molecule has 62 heavy (non-hydrogen) atoms. The van der Waals surface area contributed by atoms with E-state index in [1.54, 1.807) is 37.0 Å². The number of carbonyl (C=O) groups is 4. The van der Waals surface area contributed by atoms with Gasteiger partial charge in [0.1, 0.15) is 12.1 Å². The number of hydrogen-bond donors (Lipinski definition) is 2. The normalized spacial score (nSPS) is 12.1. The molecule has 0 aliphatic carbocycles. The van der Waals surface area contributed by atoms with Crippen LogP contribution in [0.5, 0.6) is 0 Å². The predicted molar refractivity (Wildman–Crippen MR) is 239 cm³/mol. The highest BCUT2D eigenvalue weighted by atomic mass is 16.5. The number of nitriles is 1. The summed E-state index contributed by atoms with van der Waals surface area (Å²) in [6, 6.07) is 31.2. The second kappa shape index (κ2) is 23.6. The fourth-order valence-electron chi connectivity index (χ4n) is 6.92. The molecule has 2 N–H and O–H groups in total. The third-order valence-corrected chi connectivity index (χ3v) is 9.99. The summed E-state index contributed by atoms with van der Waals surface area (Å²) in [5.74, 6) is -1.79. The fraction of sp³-hybridized carbons (Fsp3) is 0.306. The molecule has 2 amide bonds. The number of tetrazole rings is 1. The van der Waals surface area contributed by atoms with Crippen molar-refractivity contribution >= 4 is 23.8 Å². The number of nitrogens with zero attached hydrogens (tertiary/aromatic N) is 6. The van der Waals surface area contributed by atoms with Gasteiger partial charge in [-0.2, -0.15) is 10.5 Å². The van der Waals surface area contributed by atoms with Crippen LogP contribution in [-0.2, 0) is 37.0 Å². The highest BCUT2D eigenvalue weighted by Gasteiger charge is 2.33. The molecule has 0 spiro atoms. The molecule has 1 heterocycles. The van der Waals surface area contributed by atoms with Crippen molar-refractivity contribution in [3.8, 4) is 39.7 Å². The van der Waals surface area contributed by atoms with Gasteiger partial charge in [-0.1, -0.05) is 145 Å². The van der Waals surface area contributed by atoms with Crippen molar-refractivity contribution in [3.63, 3.8) is 0 Å². The minimum Gasteiger partial charge on any atom is -0.480 e. The van der Waals surface area contributed by atoms with Crippen molar-refractivity contribution in [1.29, 1.82) is 5.26 Å². The summed E-state index contributed by atoms with van der Waals surface area (Å²) in [6.07, 6.45) is 7.92. The van der Waals surface area contributed by atoms with Crippen LogP contribution in [0, 0.1) is 23.2 Å². The smallest absolute Gasteiger partial charge is 0.328 e. The van der Waals surface area contributed by atoms with E-state index in [1.165, 1.54) is 24.2 Å². The number of esters is 1. The van der Waals surface area contributed by atoms with E-state index in [0.29, 0.717) is 17.8 Å². The van der Waals surface area contributed by atoms with Crippen LogP contribution in [0.1, 0.15) is 71.1 Å². The maximum Gasteiger partial charge on any atom is 0.328 e. The van der Waals surface area contributed by atoms with Crippen LogP contribution < -0.4 is 0 Å². The number of carbonyl (C=O) groups excluding carboxylic acids is 3. The van der Waals surface area contributed by atoms with Crippen LogP contribution in [0.3, 0.4) is 0 Å². The number of aromatic nitrogens is 4. The zero-order chi connectivity index (χ0) is 45.2. The molecular formula is C49H55N7O6. The van der Waals surface area contributed by atoms with Gasteiger partial charge >= 0.3 is 11.9 Å². The molecule has 1 aromatic heterocycles. The Morgan fingerprint density at radius 1 is 0.710 bits per heavy atom. The number of benzene rings is 4. The average molecular weight is 838 g/mol. The number of carboxylic acids is 1. The van der Waals surface area contributed by atoms with Gasteiger partial charge in [-0.05, 0) is 81.5 Å². The second-order valence-electron chi connectivity index (χ2n) is 15.1. The van der Waals surface area contributed by atoms with Gasteiger partial charge in [0.2, 0.25) is 17.6 Å². The lowest BCUT2D eigenvalue weighted by Gasteiger charge is -2.32. The number of allylic oxidation sites excluding steroid dienone is 2. The molecule has 0 fully saturated rings. The van der Waals surface area contributed by atoms with E-state index in [2.05, 4.69) is 26.7 Å². The van der Waals surface area contributed by atoms with Gasteiger partial charge in [0.15, 0.2) is 0 Å². The van der Waals surface area contributed by atoms with Crippen molar-refractivity contribution in [2.45, 2.75) is 79.6 Å². The Labute approximate surface area is 363 Å². The molecule has 0 saturated carbocycles. The van der Waals surface area contributed by atoms with E-state index in [-0.39, 0.29) is 36.7 Å². The van der Waals surface area contributed by atoms with Crippen LogP contribution in [0.15, 0.2) is 121 Å². The lowest BCUT2D eigenvalue weighted by Crippen LogP contribution is -2.47. The first kappa shape index (κ1) is 47.5. The molecule has 322 valence electrons. The molecule has 13 nitrogen and oxygen atoms in total. The molecule has 2 atom stereocenters. The Kier molecular flexibility index (Phi) is 18.0. The molecule has 0 radical (unpaired) electrons. The van der Waals surface area contributed by atoms with Gasteiger partial charge in [-0.15, -0.1) is 10.2 Å². The maximum atomic E-state index is 12.8. The zero-order valence-electron chi connectivity index (χ0n) is 36.4. The minimum absolute atomic E-state index is 0.0989. The standard InChI is InChI=1S/C25H28N2O3.C24H27N5O3/c1-5-6-11-23(28)27(24(18(2)3)25(29)30-4)17-19-12-14-20(15-13-19)22-10-8-7-9-21(22)16-26;1-4-5-10-21(30)29(22(16(2)3)24(31)32)15-17-11-13-18(14-12-17)19-8-6-7-9-20(19)23-25-27-28-26-23/h6-15,18,24H,5,17H2,1-4H3;5-14,16,22H,4,15H2,1-3H3,(H,31,32)(H,25,26,27,28)/b11-6+;10-5+/t24-;22-/m00/s1. The van der Waals surface area contributed by atoms with Gasteiger partial charge in [0.05, 0.1) is 18.7 Å². The highest BCUT2D eigenvalue weighted by molar-refractivity contribution is 5.92. The van der Waals surface area contributed by atoms with Gasteiger partial charge in [-0.25, -0.2) is 9.59 Å². The number of amides is 2. The molecule has 5 aromatic rings. The lowest BCUT2D eigenvalue weighted by molar-refractivity contribution is -0.154. The largest absolute Gasteiger partial charge is 0.480 e. The summed E-state index contributed by atoms with van der Waals surface area (Å²) in [7, 11) is 1.34. The van der Waals surface area contributed by atoms with Gasteiger partial charge < -0.3 is 19.6 Å². The fourth-order valence-corrected chi connectivity index (χ4v) is 6.92. The molecule has 13 heteroatoms. The Hall–Kier alpha value is -7.20.